The molecule has 0 radical (unpaired) electrons. The Morgan fingerprint density at radius 2 is 1.62 bits per heavy atom. The topological polar surface area (TPSA) is 46.2 Å². The normalized spacial score (nSPS) is 18.8. The third-order valence-electron chi connectivity index (χ3n) is 5.47. The van der Waals surface area contributed by atoms with E-state index in [-0.39, 0.29) is 5.41 Å². The third-order valence-corrected chi connectivity index (χ3v) is 6.87. The van der Waals surface area contributed by atoms with Gasteiger partial charge in [-0.3, -0.25) is 0 Å². The molecule has 2 aromatic rings. The lowest BCUT2D eigenvalue weighted by Crippen LogP contribution is -2.32. The van der Waals surface area contributed by atoms with E-state index in [1.807, 2.05) is 30.3 Å². The fourth-order valence-electron chi connectivity index (χ4n) is 3.70. The summed E-state index contributed by atoms with van der Waals surface area (Å²) >= 11 is 0. The zero-order valence-corrected chi connectivity index (χ0v) is 14.6. The summed E-state index contributed by atoms with van der Waals surface area (Å²) in [5.74, 6) is 0. The monoisotopic (exact) mass is 341 g/mol. The van der Waals surface area contributed by atoms with E-state index in [9.17, 15) is 8.42 Å². The zero-order valence-electron chi connectivity index (χ0n) is 13.8. The summed E-state index contributed by atoms with van der Waals surface area (Å²) in [4.78, 5) is 0.409. The molecule has 0 aliphatic heterocycles. The average Bonchev–Trinajstić information content (AvgIpc) is 3.42. The van der Waals surface area contributed by atoms with E-state index >= 15 is 0 Å². The van der Waals surface area contributed by atoms with Gasteiger partial charge in [-0.25, -0.2) is 13.1 Å². The van der Waals surface area contributed by atoms with Crippen molar-refractivity contribution in [3.8, 4) is 0 Å². The molecule has 1 N–H and O–H groups in total. The molecule has 0 aromatic heterocycles. The second-order valence-corrected chi connectivity index (χ2v) is 8.88. The summed E-state index contributed by atoms with van der Waals surface area (Å²) in [5, 5.41) is 0. The van der Waals surface area contributed by atoms with Gasteiger partial charge in [0.05, 0.1) is 4.90 Å². The third kappa shape index (κ3) is 3.01. The predicted molar refractivity (Wildman–Crippen MR) is 95.6 cm³/mol. The van der Waals surface area contributed by atoms with Crippen LogP contribution in [0.4, 0.5) is 0 Å². The largest absolute Gasteiger partial charge is 0.240 e. The number of nitrogens with one attached hydrogen (secondary N) is 1. The van der Waals surface area contributed by atoms with E-state index in [1.165, 1.54) is 23.1 Å². The first-order chi connectivity index (χ1) is 11.6. The second kappa shape index (κ2) is 6.01. The number of hydrogen-bond acceptors (Lipinski definition) is 2. The Labute approximate surface area is 144 Å². The molecule has 0 bridgehead atoms. The van der Waals surface area contributed by atoms with Crippen LogP contribution in [0.1, 0.15) is 42.4 Å². The number of sulfonamides is 1. The number of benzene rings is 2. The summed E-state index contributed by atoms with van der Waals surface area (Å²) < 4.78 is 28.3. The van der Waals surface area contributed by atoms with Crippen molar-refractivity contribution in [2.45, 2.75) is 48.8 Å². The average molecular weight is 341 g/mol. The molecular formula is C20H23NO2S. The van der Waals surface area contributed by atoms with Crippen LogP contribution in [-0.2, 0) is 28.3 Å². The Bertz CT molecular complexity index is 839. The van der Waals surface area contributed by atoms with Crippen LogP contribution in [0, 0.1) is 0 Å². The molecule has 0 saturated heterocycles. The highest BCUT2D eigenvalue weighted by molar-refractivity contribution is 7.89. The summed E-state index contributed by atoms with van der Waals surface area (Å²) in [7, 11) is -3.44. The van der Waals surface area contributed by atoms with Gasteiger partial charge in [0, 0.05) is 12.0 Å². The Morgan fingerprint density at radius 1 is 0.917 bits per heavy atom. The molecule has 3 nitrogen and oxygen atoms in total. The minimum absolute atomic E-state index is 0.0114. The van der Waals surface area contributed by atoms with Crippen LogP contribution in [0.3, 0.4) is 0 Å². The molecule has 24 heavy (non-hydrogen) atoms. The molecular weight excluding hydrogens is 318 g/mol. The van der Waals surface area contributed by atoms with Gasteiger partial charge in [0.15, 0.2) is 0 Å². The SMILES string of the molecule is O=S(=O)(NCC1(c2ccccc2)CC1)c1ccc2c(c1)CCCC2. The van der Waals surface area contributed by atoms with Crippen molar-refractivity contribution >= 4 is 10.0 Å². The minimum atomic E-state index is -3.44. The fraction of sp³-hybridized carbons (Fsp3) is 0.400. The highest BCUT2D eigenvalue weighted by Crippen LogP contribution is 2.47. The van der Waals surface area contributed by atoms with Gasteiger partial charge in [0.2, 0.25) is 10.0 Å². The van der Waals surface area contributed by atoms with Crippen molar-refractivity contribution in [3.05, 3.63) is 65.2 Å². The van der Waals surface area contributed by atoms with Gasteiger partial charge in [0.25, 0.3) is 0 Å². The van der Waals surface area contributed by atoms with Crippen LogP contribution >= 0.6 is 0 Å². The summed E-state index contributed by atoms with van der Waals surface area (Å²) in [6.45, 7) is 0.483. The lowest BCUT2D eigenvalue weighted by molar-refractivity contribution is 0.566. The van der Waals surface area contributed by atoms with Crippen molar-refractivity contribution in [2.24, 2.45) is 0 Å². The maximum atomic E-state index is 12.7. The molecule has 1 fully saturated rings. The summed E-state index contributed by atoms with van der Waals surface area (Å²) in [6.07, 6.45) is 6.51. The van der Waals surface area contributed by atoms with Gasteiger partial charge in [-0.15, -0.1) is 0 Å². The zero-order chi connectivity index (χ0) is 16.6. The molecule has 4 heteroatoms. The number of hydrogen-bond donors (Lipinski definition) is 1. The first-order valence-corrected chi connectivity index (χ1v) is 10.2. The predicted octanol–water partition coefficient (Wildman–Crippen LogP) is 3.58. The van der Waals surface area contributed by atoms with Crippen LogP contribution in [0.5, 0.6) is 0 Å². The molecule has 0 unspecified atom stereocenters. The lowest BCUT2D eigenvalue weighted by Gasteiger charge is -2.19. The van der Waals surface area contributed by atoms with Gasteiger partial charge in [-0.2, -0.15) is 0 Å². The molecule has 1 saturated carbocycles. The van der Waals surface area contributed by atoms with Crippen LogP contribution in [0.25, 0.3) is 0 Å². The number of aryl methyl sites for hydroxylation is 2. The highest BCUT2D eigenvalue weighted by atomic mass is 32.2. The van der Waals surface area contributed by atoms with Crippen molar-refractivity contribution in [3.63, 3.8) is 0 Å². The highest BCUT2D eigenvalue weighted by Gasteiger charge is 2.44. The van der Waals surface area contributed by atoms with E-state index in [0.29, 0.717) is 11.4 Å². The van der Waals surface area contributed by atoms with E-state index in [0.717, 1.165) is 32.1 Å². The van der Waals surface area contributed by atoms with Crippen LogP contribution in [0.15, 0.2) is 53.4 Å². The van der Waals surface area contributed by atoms with Crippen LogP contribution < -0.4 is 4.72 Å². The minimum Gasteiger partial charge on any atom is -0.210 e. The van der Waals surface area contributed by atoms with Gasteiger partial charge in [-0.1, -0.05) is 36.4 Å². The molecule has 126 valence electrons. The first kappa shape index (κ1) is 15.9. The molecule has 0 spiro atoms. The first-order valence-electron chi connectivity index (χ1n) is 8.76. The molecule has 2 aromatic carbocycles. The Morgan fingerprint density at radius 3 is 2.33 bits per heavy atom. The van der Waals surface area contributed by atoms with Gasteiger partial charge in [0.1, 0.15) is 0 Å². The molecule has 0 atom stereocenters. The maximum Gasteiger partial charge on any atom is 0.240 e. The van der Waals surface area contributed by atoms with Crippen molar-refractivity contribution < 1.29 is 8.42 Å². The maximum absolute atomic E-state index is 12.7. The van der Waals surface area contributed by atoms with Crippen molar-refractivity contribution in [1.29, 1.82) is 0 Å². The quantitative estimate of drug-likeness (QED) is 0.903. The molecule has 2 aliphatic carbocycles. The van der Waals surface area contributed by atoms with Crippen LogP contribution in [0.2, 0.25) is 0 Å². The summed E-state index contributed by atoms with van der Waals surface area (Å²) in [6, 6.07) is 15.9. The number of fused-ring (bicyclic) bond motifs is 1. The summed E-state index contributed by atoms with van der Waals surface area (Å²) in [5.41, 5.74) is 3.73. The number of rotatable bonds is 5. The lowest BCUT2D eigenvalue weighted by atomic mass is 9.92. The Hall–Kier alpha value is -1.65. The Balaban J connectivity index is 1.52. The van der Waals surface area contributed by atoms with E-state index in [2.05, 4.69) is 16.9 Å². The second-order valence-electron chi connectivity index (χ2n) is 7.11. The van der Waals surface area contributed by atoms with E-state index < -0.39 is 10.0 Å². The Kier molecular flexibility index (Phi) is 3.97. The molecule has 2 aliphatic rings. The molecule has 4 rings (SSSR count). The van der Waals surface area contributed by atoms with Crippen molar-refractivity contribution in [1.82, 2.24) is 4.72 Å². The van der Waals surface area contributed by atoms with Gasteiger partial charge >= 0.3 is 0 Å². The standard InChI is InChI=1S/C20H23NO2S/c22-24(23,19-11-10-16-6-4-5-7-17(16)14-19)21-15-20(12-13-20)18-8-2-1-3-9-18/h1-3,8-11,14,21H,4-7,12-13,15H2. The molecule has 0 amide bonds. The van der Waals surface area contributed by atoms with Crippen molar-refractivity contribution in [2.75, 3.05) is 6.54 Å². The molecule has 0 heterocycles. The van der Waals surface area contributed by atoms with E-state index in [4.69, 9.17) is 0 Å². The fourth-order valence-corrected chi connectivity index (χ4v) is 4.88. The van der Waals surface area contributed by atoms with Gasteiger partial charge in [-0.05, 0) is 67.3 Å². The van der Waals surface area contributed by atoms with Gasteiger partial charge < -0.3 is 0 Å². The van der Waals surface area contributed by atoms with Crippen LogP contribution in [-0.4, -0.2) is 15.0 Å². The smallest absolute Gasteiger partial charge is 0.210 e. The van der Waals surface area contributed by atoms with E-state index in [1.54, 1.807) is 6.07 Å².